The first-order valence-electron chi connectivity index (χ1n) is 6.17. The van der Waals surface area contributed by atoms with Crippen LogP contribution in [0, 0.1) is 0 Å². The molecule has 1 aromatic carbocycles. The van der Waals surface area contributed by atoms with Crippen molar-refractivity contribution in [3.63, 3.8) is 0 Å². The average Bonchev–Trinajstić information content (AvgIpc) is 2.29. The van der Waals surface area contributed by atoms with Gasteiger partial charge in [-0.25, -0.2) is 8.42 Å². The topological polar surface area (TPSA) is 55.4 Å². The highest BCUT2D eigenvalue weighted by Crippen LogP contribution is 2.28. The molecule has 108 valence electrons. The molecule has 19 heavy (non-hydrogen) atoms. The third-order valence-electron chi connectivity index (χ3n) is 2.66. The van der Waals surface area contributed by atoms with E-state index < -0.39 is 9.84 Å². The Bertz CT molecular complexity index is 517. The average molecular weight is 350 g/mol. The molecule has 0 saturated heterocycles. The lowest BCUT2D eigenvalue weighted by atomic mass is 10.1. The minimum atomic E-state index is -3.00. The van der Waals surface area contributed by atoms with E-state index >= 15 is 0 Å². The molecule has 1 rings (SSSR count). The van der Waals surface area contributed by atoms with E-state index in [0.29, 0.717) is 0 Å². The fourth-order valence-corrected chi connectivity index (χ4v) is 2.47. The number of ether oxygens (including phenoxy) is 1. The Hall–Kier alpha value is -0.590. The van der Waals surface area contributed by atoms with Crippen molar-refractivity contribution in [2.75, 3.05) is 25.2 Å². The molecule has 0 spiro atoms. The summed E-state index contributed by atoms with van der Waals surface area (Å²) in [6.45, 7) is 5.12. The summed E-state index contributed by atoms with van der Waals surface area (Å²) in [5, 5.41) is 3.32. The first-order valence-corrected chi connectivity index (χ1v) is 9.02. The van der Waals surface area contributed by atoms with E-state index in [1.54, 1.807) is 0 Å². The lowest BCUT2D eigenvalue weighted by Gasteiger charge is -2.18. The van der Waals surface area contributed by atoms with Gasteiger partial charge in [0.05, 0.1) is 5.75 Å². The third-order valence-corrected chi connectivity index (χ3v) is 4.06. The Kier molecular flexibility index (Phi) is 6.29. The van der Waals surface area contributed by atoms with Gasteiger partial charge in [-0.15, -0.1) is 0 Å². The largest absolute Gasteiger partial charge is 0.492 e. The molecule has 0 aromatic heterocycles. The van der Waals surface area contributed by atoms with Gasteiger partial charge in [0, 0.05) is 22.3 Å². The zero-order valence-corrected chi connectivity index (χ0v) is 13.8. The first-order chi connectivity index (χ1) is 8.83. The van der Waals surface area contributed by atoms with E-state index in [2.05, 4.69) is 28.2 Å². The number of benzene rings is 1. The Morgan fingerprint density at radius 3 is 2.68 bits per heavy atom. The van der Waals surface area contributed by atoms with Crippen LogP contribution in [0.2, 0.25) is 0 Å². The molecule has 6 heteroatoms. The predicted molar refractivity (Wildman–Crippen MR) is 81.4 cm³/mol. The summed E-state index contributed by atoms with van der Waals surface area (Å²) < 4.78 is 28.8. The Morgan fingerprint density at radius 2 is 2.11 bits per heavy atom. The molecule has 1 unspecified atom stereocenters. The van der Waals surface area contributed by atoms with Crippen LogP contribution in [0.1, 0.15) is 25.5 Å². The molecule has 0 bridgehead atoms. The van der Waals surface area contributed by atoms with Crippen molar-refractivity contribution in [2.24, 2.45) is 0 Å². The number of nitrogens with one attached hydrogen (secondary N) is 1. The maximum absolute atomic E-state index is 11.1. The van der Waals surface area contributed by atoms with Gasteiger partial charge in [-0.3, -0.25) is 0 Å². The van der Waals surface area contributed by atoms with Crippen molar-refractivity contribution in [3.8, 4) is 5.75 Å². The van der Waals surface area contributed by atoms with Crippen molar-refractivity contribution in [1.29, 1.82) is 0 Å². The van der Waals surface area contributed by atoms with Crippen LogP contribution in [0.15, 0.2) is 22.7 Å². The first kappa shape index (κ1) is 16.5. The molecule has 0 radical (unpaired) electrons. The van der Waals surface area contributed by atoms with Crippen LogP contribution in [0.3, 0.4) is 0 Å². The summed E-state index contributed by atoms with van der Waals surface area (Å²) in [4.78, 5) is 0. The second-order valence-corrected chi connectivity index (χ2v) is 7.62. The molecule has 4 nitrogen and oxygen atoms in total. The minimum absolute atomic E-state index is 0.0259. The summed E-state index contributed by atoms with van der Waals surface area (Å²) in [6.07, 6.45) is 1.21. The van der Waals surface area contributed by atoms with E-state index in [1.807, 2.05) is 25.1 Å². The van der Waals surface area contributed by atoms with Gasteiger partial charge >= 0.3 is 0 Å². The fourth-order valence-electron chi connectivity index (χ4n) is 1.71. The molecule has 0 aliphatic heterocycles. The standard InChI is InChI=1S/C13H20BrNO3S/c1-4-15-10(2)12-9-11(14)5-6-13(12)18-7-8-19(3,16)17/h5-6,9-10,15H,4,7-8H2,1-3H3. The Labute approximate surface area is 123 Å². The zero-order chi connectivity index (χ0) is 14.5. The van der Waals surface area contributed by atoms with Gasteiger partial charge in [0.1, 0.15) is 12.4 Å². The van der Waals surface area contributed by atoms with E-state index in [-0.39, 0.29) is 18.4 Å². The quantitative estimate of drug-likeness (QED) is 0.821. The molecule has 1 N–H and O–H groups in total. The van der Waals surface area contributed by atoms with Gasteiger partial charge in [-0.1, -0.05) is 22.9 Å². The van der Waals surface area contributed by atoms with Crippen molar-refractivity contribution in [2.45, 2.75) is 19.9 Å². The minimum Gasteiger partial charge on any atom is -0.492 e. The highest BCUT2D eigenvalue weighted by molar-refractivity contribution is 9.10. The number of rotatable bonds is 7. The third kappa shape index (κ3) is 5.93. The van der Waals surface area contributed by atoms with Crippen molar-refractivity contribution in [3.05, 3.63) is 28.2 Å². The van der Waals surface area contributed by atoms with E-state index in [9.17, 15) is 8.42 Å². The molecular weight excluding hydrogens is 330 g/mol. The maximum atomic E-state index is 11.1. The van der Waals surface area contributed by atoms with E-state index in [4.69, 9.17) is 4.74 Å². The lowest BCUT2D eigenvalue weighted by Crippen LogP contribution is -2.19. The van der Waals surface area contributed by atoms with Crippen LogP contribution in [0.5, 0.6) is 5.75 Å². The number of sulfone groups is 1. The van der Waals surface area contributed by atoms with E-state index in [0.717, 1.165) is 22.3 Å². The highest BCUT2D eigenvalue weighted by atomic mass is 79.9. The van der Waals surface area contributed by atoms with Crippen LogP contribution in [0.25, 0.3) is 0 Å². The number of halogens is 1. The molecule has 0 heterocycles. The van der Waals surface area contributed by atoms with Crippen LogP contribution in [0.4, 0.5) is 0 Å². The lowest BCUT2D eigenvalue weighted by molar-refractivity contribution is 0.333. The second-order valence-electron chi connectivity index (χ2n) is 4.44. The zero-order valence-electron chi connectivity index (χ0n) is 11.4. The Morgan fingerprint density at radius 1 is 1.42 bits per heavy atom. The molecule has 0 saturated carbocycles. The van der Waals surface area contributed by atoms with Gasteiger partial charge in [0.15, 0.2) is 9.84 Å². The van der Waals surface area contributed by atoms with Crippen molar-refractivity contribution >= 4 is 25.8 Å². The van der Waals surface area contributed by atoms with Crippen LogP contribution >= 0.6 is 15.9 Å². The van der Waals surface area contributed by atoms with Gasteiger partial charge in [-0.05, 0) is 31.7 Å². The van der Waals surface area contributed by atoms with Crippen LogP contribution in [-0.4, -0.2) is 33.6 Å². The normalized spacial score (nSPS) is 13.3. The Balaban J connectivity index is 2.81. The number of hydrogen-bond acceptors (Lipinski definition) is 4. The van der Waals surface area contributed by atoms with Gasteiger partial charge in [-0.2, -0.15) is 0 Å². The molecule has 0 fully saturated rings. The number of hydrogen-bond donors (Lipinski definition) is 1. The fraction of sp³-hybridized carbons (Fsp3) is 0.538. The van der Waals surface area contributed by atoms with Crippen molar-refractivity contribution in [1.82, 2.24) is 5.32 Å². The van der Waals surface area contributed by atoms with Crippen LogP contribution in [-0.2, 0) is 9.84 Å². The van der Waals surface area contributed by atoms with Crippen LogP contribution < -0.4 is 10.1 Å². The maximum Gasteiger partial charge on any atom is 0.150 e. The smallest absolute Gasteiger partial charge is 0.150 e. The SMILES string of the molecule is CCNC(C)c1cc(Br)ccc1OCCS(C)(=O)=O. The molecule has 0 aliphatic carbocycles. The van der Waals surface area contributed by atoms with Gasteiger partial charge in [0.2, 0.25) is 0 Å². The summed E-state index contributed by atoms with van der Waals surface area (Å²) >= 11 is 3.44. The summed E-state index contributed by atoms with van der Waals surface area (Å²) in [6, 6.07) is 5.88. The van der Waals surface area contributed by atoms with Gasteiger partial charge in [0.25, 0.3) is 0 Å². The summed E-state index contributed by atoms with van der Waals surface area (Å²) in [5.74, 6) is 0.748. The second kappa shape index (κ2) is 7.26. The molecule has 1 atom stereocenters. The summed E-state index contributed by atoms with van der Waals surface area (Å²) in [7, 11) is -3.00. The van der Waals surface area contributed by atoms with Crippen molar-refractivity contribution < 1.29 is 13.2 Å². The molecule has 1 aromatic rings. The predicted octanol–water partition coefficient (Wildman–Crippen LogP) is 2.54. The molecule has 0 aliphatic rings. The van der Waals surface area contributed by atoms with E-state index in [1.165, 1.54) is 6.26 Å². The highest BCUT2D eigenvalue weighted by Gasteiger charge is 2.12. The molecular formula is C13H20BrNO3S. The summed E-state index contributed by atoms with van der Waals surface area (Å²) in [5.41, 5.74) is 1.02. The molecule has 0 amide bonds. The van der Waals surface area contributed by atoms with Gasteiger partial charge < -0.3 is 10.1 Å². The monoisotopic (exact) mass is 349 g/mol.